The second-order valence-electron chi connectivity index (χ2n) is 13.0. The molecule has 5 rings (SSSR count). The number of unbranched alkanes of at least 4 members (excludes halogenated alkanes) is 2. The Morgan fingerprint density at radius 1 is 0.933 bits per heavy atom. The van der Waals surface area contributed by atoms with Crippen LogP contribution in [0.3, 0.4) is 0 Å². The number of ether oxygens (including phenoxy) is 1. The lowest BCUT2D eigenvalue weighted by Crippen LogP contribution is -2.56. The van der Waals surface area contributed by atoms with Crippen molar-refractivity contribution in [2.24, 2.45) is 17.8 Å². The fraction of sp³-hybridized carbons (Fsp3) is 0.486. The molecule has 3 amide bonds. The number of carbonyl (C=O) groups excluding carboxylic acids is 3. The van der Waals surface area contributed by atoms with E-state index in [2.05, 4.69) is 20.1 Å². The van der Waals surface area contributed by atoms with E-state index < -0.39 is 29.1 Å². The van der Waals surface area contributed by atoms with E-state index in [-0.39, 0.29) is 30.2 Å². The summed E-state index contributed by atoms with van der Waals surface area (Å²) in [5.41, 5.74) is -0.0615. The first-order chi connectivity index (χ1) is 21.7. The molecule has 240 valence electrons. The molecule has 0 aromatic heterocycles. The van der Waals surface area contributed by atoms with Crippen molar-refractivity contribution < 1.29 is 24.2 Å². The van der Waals surface area contributed by atoms with Crippen molar-refractivity contribution in [3.63, 3.8) is 0 Å². The quantitative estimate of drug-likeness (QED) is 0.235. The lowest BCUT2D eigenvalue weighted by Gasteiger charge is -2.39. The monoisotopic (exact) mass is 613 g/mol. The molecular weight excluding hydrogens is 566 g/mol. The van der Waals surface area contributed by atoms with Gasteiger partial charge in [-0.25, -0.2) is 0 Å². The van der Waals surface area contributed by atoms with Crippen LogP contribution < -0.4 is 0 Å². The van der Waals surface area contributed by atoms with Crippen LogP contribution in [0.25, 0.3) is 0 Å². The van der Waals surface area contributed by atoms with Gasteiger partial charge in [-0.2, -0.15) is 0 Å². The van der Waals surface area contributed by atoms with Crippen molar-refractivity contribution >= 4 is 17.7 Å². The molecule has 3 saturated heterocycles. The summed E-state index contributed by atoms with van der Waals surface area (Å²) < 4.78 is 6.99. The second kappa shape index (κ2) is 13.7. The van der Waals surface area contributed by atoms with E-state index in [1.165, 1.54) is 0 Å². The van der Waals surface area contributed by atoms with Crippen LogP contribution in [0.15, 0.2) is 86.0 Å². The van der Waals surface area contributed by atoms with Gasteiger partial charge in [0.25, 0.3) is 0 Å². The summed E-state index contributed by atoms with van der Waals surface area (Å²) in [7, 11) is 0. The van der Waals surface area contributed by atoms with Gasteiger partial charge in [-0.1, -0.05) is 79.7 Å². The summed E-state index contributed by atoms with van der Waals surface area (Å²) >= 11 is 0. The van der Waals surface area contributed by atoms with Crippen molar-refractivity contribution in [2.75, 3.05) is 26.2 Å². The Labute approximate surface area is 267 Å². The number of benzene rings is 2. The van der Waals surface area contributed by atoms with E-state index in [1.807, 2.05) is 67.6 Å². The third-order valence-electron chi connectivity index (χ3n) is 10.1. The minimum atomic E-state index is -1.12. The molecule has 3 aliphatic rings. The fourth-order valence-electron chi connectivity index (χ4n) is 7.96. The van der Waals surface area contributed by atoms with Gasteiger partial charge in [0.05, 0.1) is 17.4 Å². The van der Waals surface area contributed by atoms with Gasteiger partial charge in [-0.3, -0.25) is 14.4 Å². The number of nitrogens with zero attached hydrogens (tertiary/aromatic N) is 3. The topological polar surface area (TPSA) is 90.4 Å². The predicted molar refractivity (Wildman–Crippen MR) is 174 cm³/mol. The average Bonchev–Trinajstić information content (AvgIpc) is 3.55. The van der Waals surface area contributed by atoms with E-state index in [9.17, 15) is 19.5 Å². The maximum atomic E-state index is 14.7. The largest absolute Gasteiger partial charge is 0.396 e. The van der Waals surface area contributed by atoms with Gasteiger partial charge in [0, 0.05) is 39.3 Å². The van der Waals surface area contributed by atoms with Gasteiger partial charge in [0.15, 0.2) is 0 Å². The second-order valence-corrected chi connectivity index (χ2v) is 13.0. The van der Waals surface area contributed by atoms with Gasteiger partial charge in [-0.15, -0.1) is 13.2 Å². The summed E-state index contributed by atoms with van der Waals surface area (Å²) in [5, 5.41) is 9.37. The molecule has 3 unspecified atom stereocenters. The zero-order chi connectivity index (χ0) is 32.2. The first kappa shape index (κ1) is 32.6. The molecule has 2 aromatic carbocycles. The summed E-state index contributed by atoms with van der Waals surface area (Å²) in [6.07, 6.45) is 5.92. The standard InChI is InChI=1S/C37H47N3O5/c1-5-20-38(25-28-16-10-7-11-17-28)33(42)30-31-34(43)40(22-14-9-15-23-41)32(37(31)24-27(3)36(30,4)45-37)35(44)39(21-6-2)26-29-18-12-8-13-19-29/h5-8,10-13,16-19,27,30-32,41H,1-2,9,14-15,20-26H2,3-4H3/t27?,30-,31-,32?,36+,37?/m0/s1. The molecule has 1 N–H and O–H groups in total. The third-order valence-corrected chi connectivity index (χ3v) is 10.1. The van der Waals surface area contributed by atoms with Crippen LogP contribution in [0.2, 0.25) is 0 Å². The van der Waals surface area contributed by atoms with E-state index in [4.69, 9.17) is 4.74 Å². The van der Waals surface area contributed by atoms with Crippen LogP contribution in [-0.2, 0) is 32.2 Å². The lowest BCUT2D eigenvalue weighted by atomic mass is 9.62. The molecule has 8 nitrogen and oxygen atoms in total. The molecule has 3 fully saturated rings. The predicted octanol–water partition coefficient (Wildman–Crippen LogP) is 4.59. The SMILES string of the molecule is C=CCN(Cc1ccccc1)C(=O)C1N(CCCCCO)C(=O)[C@@H]2[C@@H](C(=O)N(CC=C)Cc3ccccc3)[C@]3(C)OC12CC3C. The molecule has 45 heavy (non-hydrogen) atoms. The minimum absolute atomic E-state index is 0.0515. The summed E-state index contributed by atoms with van der Waals surface area (Å²) in [5.74, 6) is -2.09. The molecule has 2 aromatic rings. The molecule has 8 heteroatoms. The number of hydrogen-bond donors (Lipinski definition) is 1. The molecule has 0 radical (unpaired) electrons. The number of aliphatic hydroxyl groups is 1. The first-order valence-electron chi connectivity index (χ1n) is 16.2. The van der Waals surface area contributed by atoms with Crippen LogP contribution in [0.4, 0.5) is 0 Å². The first-order valence-corrected chi connectivity index (χ1v) is 16.2. The van der Waals surface area contributed by atoms with Gasteiger partial charge >= 0.3 is 0 Å². The zero-order valence-electron chi connectivity index (χ0n) is 26.6. The highest BCUT2D eigenvalue weighted by atomic mass is 16.5. The Morgan fingerprint density at radius 2 is 1.49 bits per heavy atom. The number of carbonyl (C=O) groups is 3. The highest BCUT2D eigenvalue weighted by Crippen LogP contribution is 2.65. The average molecular weight is 614 g/mol. The highest BCUT2D eigenvalue weighted by molar-refractivity contribution is 5.99. The Morgan fingerprint density at radius 3 is 2.02 bits per heavy atom. The van der Waals surface area contributed by atoms with Crippen LogP contribution in [0.5, 0.6) is 0 Å². The molecule has 1 spiro atoms. The van der Waals surface area contributed by atoms with Crippen molar-refractivity contribution in [1.29, 1.82) is 0 Å². The van der Waals surface area contributed by atoms with Crippen molar-refractivity contribution in [3.05, 3.63) is 97.1 Å². The van der Waals surface area contributed by atoms with Crippen LogP contribution in [0.1, 0.15) is 50.7 Å². The molecule has 0 aliphatic carbocycles. The molecule has 3 heterocycles. The minimum Gasteiger partial charge on any atom is -0.396 e. The van der Waals surface area contributed by atoms with Crippen molar-refractivity contribution in [3.8, 4) is 0 Å². The van der Waals surface area contributed by atoms with Crippen molar-refractivity contribution in [2.45, 2.75) is 69.9 Å². The number of hydrogen-bond acceptors (Lipinski definition) is 5. The molecule has 2 bridgehead atoms. The Hall–Kier alpha value is -3.75. The normalized spacial score (nSPS) is 28.2. The van der Waals surface area contributed by atoms with Gasteiger partial charge in [0.2, 0.25) is 17.7 Å². The third kappa shape index (κ3) is 5.98. The molecule has 0 saturated carbocycles. The van der Waals surface area contributed by atoms with E-state index in [0.29, 0.717) is 52.0 Å². The van der Waals surface area contributed by atoms with Crippen LogP contribution in [-0.4, -0.2) is 81.0 Å². The van der Waals surface area contributed by atoms with Crippen LogP contribution in [0, 0.1) is 17.8 Å². The number of aliphatic hydroxyl groups excluding tert-OH is 1. The number of rotatable bonds is 15. The van der Waals surface area contributed by atoms with Gasteiger partial charge < -0.3 is 24.5 Å². The van der Waals surface area contributed by atoms with Crippen molar-refractivity contribution in [1.82, 2.24) is 14.7 Å². The summed E-state index contributed by atoms with van der Waals surface area (Å²) in [6, 6.07) is 18.7. The number of likely N-dealkylation sites (tertiary alicyclic amines) is 1. The Bertz CT molecular complexity index is 1380. The lowest BCUT2D eigenvalue weighted by molar-refractivity contribution is -0.155. The molecular formula is C37H47N3O5. The fourth-order valence-corrected chi connectivity index (χ4v) is 7.96. The van der Waals surface area contributed by atoms with Gasteiger partial charge in [0.1, 0.15) is 11.6 Å². The maximum Gasteiger partial charge on any atom is 0.248 e. The van der Waals surface area contributed by atoms with Gasteiger partial charge in [-0.05, 0) is 49.7 Å². The maximum absolute atomic E-state index is 14.7. The Kier molecular flexibility index (Phi) is 9.94. The Balaban J connectivity index is 1.54. The smallest absolute Gasteiger partial charge is 0.248 e. The number of fused-ring (bicyclic) bond motifs is 1. The molecule has 6 atom stereocenters. The number of amides is 3. The summed E-state index contributed by atoms with van der Waals surface area (Å²) in [6.45, 7) is 13.7. The zero-order valence-corrected chi connectivity index (χ0v) is 26.6. The van der Waals surface area contributed by atoms with Crippen LogP contribution >= 0.6 is 0 Å². The van der Waals surface area contributed by atoms with E-state index in [1.54, 1.807) is 26.9 Å². The van der Waals surface area contributed by atoms with E-state index >= 15 is 0 Å². The molecule has 3 aliphatic heterocycles. The van der Waals surface area contributed by atoms with E-state index in [0.717, 1.165) is 17.5 Å². The highest BCUT2D eigenvalue weighted by Gasteiger charge is 2.80. The summed E-state index contributed by atoms with van der Waals surface area (Å²) in [4.78, 5) is 49.2.